The largest absolute Gasteiger partial charge is 0.346 e. The minimum absolute atomic E-state index is 0.203. The maximum Gasteiger partial charge on any atom is 0.291 e. The van der Waals surface area contributed by atoms with Crippen molar-refractivity contribution in [2.24, 2.45) is 0 Å². The van der Waals surface area contributed by atoms with Crippen molar-refractivity contribution in [2.45, 2.75) is 27.2 Å². The zero-order valence-corrected chi connectivity index (χ0v) is 9.29. The third-order valence-electron chi connectivity index (χ3n) is 1.84. The molecule has 1 heterocycles. The maximum absolute atomic E-state index is 11.5. The van der Waals surface area contributed by atoms with Crippen molar-refractivity contribution in [3.8, 4) is 0 Å². The molecule has 0 saturated carbocycles. The van der Waals surface area contributed by atoms with Gasteiger partial charge in [-0.2, -0.15) is 0 Å². The number of rotatable bonds is 4. The number of carbonyl (C=O) groups excluding carboxylic acids is 1. The van der Waals surface area contributed by atoms with Crippen LogP contribution in [0.25, 0.3) is 0 Å². The molecule has 1 aromatic heterocycles. The molecule has 0 spiro atoms. The molecule has 0 saturated heterocycles. The lowest BCUT2D eigenvalue weighted by atomic mass is 10.3. The van der Waals surface area contributed by atoms with Crippen LogP contribution in [0.1, 0.15) is 37.2 Å². The molecule has 1 rings (SSSR count). The normalized spacial score (nSPS) is 9.80. The van der Waals surface area contributed by atoms with Crippen LogP contribution >= 0.6 is 0 Å². The maximum atomic E-state index is 11.5. The van der Waals surface area contributed by atoms with Gasteiger partial charge >= 0.3 is 0 Å². The van der Waals surface area contributed by atoms with Gasteiger partial charge in [-0.15, -0.1) is 5.10 Å². The smallest absolute Gasteiger partial charge is 0.291 e. The van der Waals surface area contributed by atoms with Crippen LogP contribution in [0.4, 0.5) is 0 Å². The highest BCUT2D eigenvalue weighted by molar-refractivity contribution is 5.90. The Hall–Kier alpha value is -1.65. The van der Waals surface area contributed by atoms with Crippen LogP contribution < -0.4 is 5.32 Å². The van der Waals surface area contributed by atoms with Crippen molar-refractivity contribution in [1.29, 1.82) is 0 Å². The highest BCUT2D eigenvalue weighted by Crippen LogP contribution is 1.93. The SMILES string of the molecule is CCc1nc(C(=O)NCC=C(C)C)n[nH]1. The summed E-state index contributed by atoms with van der Waals surface area (Å²) in [5, 5.41) is 9.22. The van der Waals surface area contributed by atoms with Crippen molar-refractivity contribution in [3.05, 3.63) is 23.3 Å². The van der Waals surface area contributed by atoms with Crippen LogP contribution in [0.5, 0.6) is 0 Å². The number of hydrogen-bond acceptors (Lipinski definition) is 3. The second-order valence-electron chi connectivity index (χ2n) is 3.45. The molecule has 0 aromatic carbocycles. The fourth-order valence-corrected chi connectivity index (χ4v) is 0.982. The van der Waals surface area contributed by atoms with Gasteiger partial charge in [-0.05, 0) is 13.8 Å². The van der Waals surface area contributed by atoms with Gasteiger partial charge < -0.3 is 5.32 Å². The standard InChI is InChI=1S/C10H16N4O/c1-4-8-12-9(14-13-8)10(15)11-6-5-7(2)3/h5H,4,6H2,1-3H3,(H,11,15)(H,12,13,14). The van der Waals surface area contributed by atoms with Crippen LogP contribution in [-0.4, -0.2) is 27.6 Å². The molecule has 15 heavy (non-hydrogen) atoms. The summed E-state index contributed by atoms with van der Waals surface area (Å²) in [5.74, 6) is 0.680. The zero-order valence-electron chi connectivity index (χ0n) is 9.29. The summed E-state index contributed by atoms with van der Waals surface area (Å²) in [4.78, 5) is 15.5. The van der Waals surface area contributed by atoms with E-state index in [1.165, 1.54) is 5.57 Å². The fraction of sp³-hybridized carbons (Fsp3) is 0.500. The Balaban J connectivity index is 2.50. The predicted octanol–water partition coefficient (Wildman–Crippen LogP) is 1.06. The summed E-state index contributed by atoms with van der Waals surface area (Å²) in [7, 11) is 0. The number of nitrogens with zero attached hydrogens (tertiary/aromatic N) is 2. The number of hydrogen-bond donors (Lipinski definition) is 2. The Bertz CT molecular complexity index is 363. The fourth-order valence-electron chi connectivity index (χ4n) is 0.982. The van der Waals surface area contributed by atoms with Crippen molar-refractivity contribution >= 4 is 5.91 Å². The Morgan fingerprint density at radius 1 is 1.53 bits per heavy atom. The van der Waals surface area contributed by atoms with Gasteiger partial charge in [0.25, 0.3) is 5.91 Å². The highest BCUT2D eigenvalue weighted by Gasteiger charge is 2.09. The lowest BCUT2D eigenvalue weighted by Gasteiger charge is -1.97. The van der Waals surface area contributed by atoms with E-state index in [2.05, 4.69) is 20.5 Å². The van der Waals surface area contributed by atoms with E-state index in [1.807, 2.05) is 26.8 Å². The van der Waals surface area contributed by atoms with Gasteiger partial charge in [0.1, 0.15) is 5.82 Å². The first-order valence-electron chi connectivity index (χ1n) is 4.96. The second kappa shape index (κ2) is 5.29. The summed E-state index contributed by atoms with van der Waals surface area (Å²) in [6.45, 7) is 6.42. The van der Waals surface area contributed by atoms with Gasteiger partial charge in [0.15, 0.2) is 0 Å². The van der Waals surface area contributed by atoms with Crippen LogP contribution in [0.15, 0.2) is 11.6 Å². The number of aromatic amines is 1. The van der Waals surface area contributed by atoms with Gasteiger partial charge in [0, 0.05) is 13.0 Å². The molecule has 0 fully saturated rings. The second-order valence-corrected chi connectivity index (χ2v) is 3.45. The number of aryl methyl sites for hydroxylation is 1. The monoisotopic (exact) mass is 208 g/mol. The first kappa shape index (κ1) is 11.4. The van der Waals surface area contributed by atoms with Gasteiger partial charge in [0.05, 0.1) is 0 Å². The van der Waals surface area contributed by atoms with Crippen molar-refractivity contribution in [2.75, 3.05) is 6.54 Å². The highest BCUT2D eigenvalue weighted by atomic mass is 16.2. The van der Waals surface area contributed by atoms with Crippen molar-refractivity contribution in [1.82, 2.24) is 20.5 Å². The molecule has 0 unspecified atom stereocenters. The van der Waals surface area contributed by atoms with Crippen LogP contribution in [0.3, 0.4) is 0 Å². The molecule has 1 aromatic rings. The first-order chi connectivity index (χ1) is 7.13. The Morgan fingerprint density at radius 2 is 2.27 bits per heavy atom. The van der Waals surface area contributed by atoms with E-state index >= 15 is 0 Å². The van der Waals surface area contributed by atoms with Gasteiger partial charge in [-0.1, -0.05) is 18.6 Å². The Morgan fingerprint density at radius 3 is 2.80 bits per heavy atom. The quantitative estimate of drug-likeness (QED) is 0.727. The molecular formula is C10H16N4O. The molecular weight excluding hydrogens is 192 g/mol. The van der Waals surface area contributed by atoms with E-state index in [1.54, 1.807) is 0 Å². The van der Waals surface area contributed by atoms with Crippen LogP contribution in [0.2, 0.25) is 0 Å². The van der Waals surface area contributed by atoms with Crippen LogP contribution in [0, 0.1) is 0 Å². The van der Waals surface area contributed by atoms with E-state index in [-0.39, 0.29) is 11.7 Å². The topological polar surface area (TPSA) is 70.7 Å². The number of nitrogens with one attached hydrogen (secondary N) is 2. The summed E-state index contributed by atoms with van der Waals surface area (Å²) >= 11 is 0. The van der Waals surface area contributed by atoms with Crippen molar-refractivity contribution in [3.63, 3.8) is 0 Å². The number of aromatic nitrogens is 3. The van der Waals surface area contributed by atoms with Gasteiger partial charge in [-0.25, -0.2) is 4.98 Å². The lowest BCUT2D eigenvalue weighted by Crippen LogP contribution is -2.24. The number of allylic oxidation sites excluding steroid dienone is 1. The molecule has 1 amide bonds. The molecule has 0 aliphatic heterocycles. The number of carbonyl (C=O) groups is 1. The molecule has 0 bridgehead atoms. The molecule has 0 aliphatic rings. The van der Waals surface area contributed by atoms with Gasteiger partial charge in [-0.3, -0.25) is 9.89 Å². The zero-order chi connectivity index (χ0) is 11.3. The molecule has 2 N–H and O–H groups in total. The third-order valence-corrected chi connectivity index (χ3v) is 1.84. The molecule has 5 heteroatoms. The van der Waals surface area contributed by atoms with Crippen LogP contribution in [-0.2, 0) is 6.42 Å². The Labute approximate surface area is 89.0 Å². The Kier molecular flexibility index (Phi) is 4.03. The predicted molar refractivity (Wildman–Crippen MR) is 57.5 cm³/mol. The molecule has 0 radical (unpaired) electrons. The average molecular weight is 208 g/mol. The van der Waals surface area contributed by atoms with Gasteiger partial charge in [0.2, 0.25) is 5.82 Å². The molecule has 0 atom stereocenters. The summed E-state index contributed by atoms with van der Waals surface area (Å²) < 4.78 is 0. The number of amides is 1. The summed E-state index contributed by atoms with van der Waals surface area (Å²) in [6, 6.07) is 0. The number of H-pyrrole nitrogens is 1. The van der Waals surface area contributed by atoms with E-state index in [4.69, 9.17) is 0 Å². The molecule has 0 aliphatic carbocycles. The minimum Gasteiger partial charge on any atom is -0.346 e. The minimum atomic E-state index is -0.247. The lowest BCUT2D eigenvalue weighted by molar-refractivity contribution is 0.0948. The molecule has 5 nitrogen and oxygen atoms in total. The first-order valence-corrected chi connectivity index (χ1v) is 4.96. The van der Waals surface area contributed by atoms with Crippen molar-refractivity contribution < 1.29 is 4.79 Å². The van der Waals surface area contributed by atoms with E-state index in [0.29, 0.717) is 6.54 Å². The van der Waals surface area contributed by atoms with E-state index < -0.39 is 0 Å². The third kappa shape index (κ3) is 3.53. The van der Waals surface area contributed by atoms with E-state index in [0.717, 1.165) is 12.2 Å². The van der Waals surface area contributed by atoms with E-state index in [9.17, 15) is 4.79 Å². The molecule has 82 valence electrons. The summed E-state index contributed by atoms with van der Waals surface area (Å²) in [6.07, 6.45) is 2.68. The summed E-state index contributed by atoms with van der Waals surface area (Å²) in [5.41, 5.74) is 1.17. The average Bonchev–Trinajstić information content (AvgIpc) is 2.65.